The number of allylic oxidation sites excluding steroid dienone is 1. The Morgan fingerprint density at radius 2 is 1.30 bits per heavy atom. The average molecular weight is 487 g/mol. The number of benzene rings is 4. The Morgan fingerprint density at radius 3 is 1.92 bits per heavy atom. The third-order valence-corrected chi connectivity index (χ3v) is 5.52. The normalized spacial score (nSPS) is 11.9. The van der Waals surface area contributed by atoms with Crippen molar-refractivity contribution >= 4 is 17.5 Å². The number of nitrogens with zero attached hydrogens (tertiary/aromatic N) is 6. The molecule has 0 saturated heterocycles. The smallest absolute Gasteiger partial charge is 0.461 e. The molecule has 0 radical (unpaired) electrons. The van der Waals surface area contributed by atoms with Gasteiger partial charge in [-0.3, -0.25) is 4.79 Å². The van der Waals surface area contributed by atoms with Gasteiger partial charge in [0.05, 0.1) is 17.2 Å². The minimum Gasteiger partial charge on any atom is -0.871 e. The summed E-state index contributed by atoms with van der Waals surface area (Å²) in [7, 11) is 0. The molecule has 5 aromatic rings. The molecule has 0 spiro atoms. The van der Waals surface area contributed by atoms with Gasteiger partial charge >= 0.3 is 5.95 Å². The number of carbonyl (C=O) groups excluding carboxylic acids is 1. The molecule has 0 fully saturated rings. The molecule has 0 atom stereocenters. The zero-order chi connectivity index (χ0) is 25.5. The SMILES string of the molecule is O=C(C/C(N=Nc1nn(-c2ccccc2)n[n+]1-c1ccccc1)=C(/[O-])c1ccccc1)c1ccccc1. The highest BCUT2D eigenvalue weighted by molar-refractivity contribution is 5.98. The van der Waals surface area contributed by atoms with Crippen molar-refractivity contribution in [3.63, 3.8) is 0 Å². The molecular formula is C29H22N6O2. The van der Waals surface area contributed by atoms with E-state index in [1.165, 1.54) is 9.48 Å². The number of Topliss-reactive ketones (excluding diaryl/α,β-unsaturated/α-hetero) is 1. The van der Waals surface area contributed by atoms with Gasteiger partial charge in [0, 0.05) is 15.9 Å². The van der Waals surface area contributed by atoms with Crippen molar-refractivity contribution in [3.8, 4) is 11.4 Å². The minimum atomic E-state index is -0.379. The van der Waals surface area contributed by atoms with E-state index in [9.17, 15) is 9.90 Å². The summed E-state index contributed by atoms with van der Waals surface area (Å²) in [6, 6.07) is 36.3. The van der Waals surface area contributed by atoms with Crippen molar-refractivity contribution in [2.45, 2.75) is 6.42 Å². The van der Waals surface area contributed by atoms with E-state index in [1.54, 1.807) is 48.5 Å². The lowest BCUT2D eigenvalue weighted by Crippen LogP contribution is -2.33. The van der Waals surface area contributed by atoms with Gasteiger partial charge in [-0.15, -0.1) is 0 Å². The molecule has 1 heterocycles. The van der Waals surface area contributed by atoms with Gasteiger partial charge in [0.15, 0.2) is 5.78 Å². The number of rotatable bonds is 8. The maximum atomic E-state index is 13.3. The molecule has 0 saturated carbocycles. The van der Waals surface area contributed by atoms with Crippen LogP contribution in [0.4, 0.5) is 5.95 Å². The molecule has 37 heavy (non-hydrogen) atoms. The van der Waals surface area contributed by atoms with Gasteiger partial charge in [-0.1, -0.05) is 113 Å². The van der Waals surface area contributed by atoms with Gasteiger partial charge < -0.3 is 5.11 Å². The monoisotopic (exact) mass is 486 g/mol. The molecular weight excluding hydrogens is 464 g/mol. The first kappa shape index (κ1) is 23.5. The maximum Gasteiger partial charge on any atom is 0.461 e. The Bertz CT molecular complexity index is 1550. The fourth-order valence-corrected chi connectivity index (χ4v) is 3.64. The highest BCUT2D eigenvalue weighted by Crippen LogP contribution is 2.21. The van der Waals surface area contributed by atoms with Crippen LogP contribution in [-0.4, -0.2) is 20.9 Å². The van der Waals surface area contributed by atoms with E-state index in [2.05, 4.69) is 20.5 Å². The fraction of sp³-hybridized carbons (Fsp3) is 0.0345. The minimum absolute atomic E-state index is 0.00826. The first-order valence-corrected chi connectivity index (χ1v) is 11.6. The molecule has 8 nitrogen and oxygen atoms in total. The summed E-state index contributed by atoms with van der Waals surface area (Å²) in [6.07, 6.45) is -0.209. The van der Waals surface area contributed by atoms with E-state index in [0.29, 0.717) is 11.1 Å². The van der Waals surface area contributed by atoms with Crippen LogP contribution >= 0.6 is 0 Å². The van der Waals surface area contributed by atoms with Gasteiger partial charge in [-0.25, -0.2) is 0 Å². The lowest BCUT2D eigenvalue weighted by atomic mass is 10.0. The second kappa shape index (κ2) is 11.0. The van der Waals surface area contributed by atoms with Crippen LogP contribution in [-0.2, 0) is 0 Å². The van der Waals surface area contributed by atoms with Crippen LogP contribution in [0, 0.1) is 0 Å². The summed E-state index contributed by atoms with van der Waals surface area (Å²) in [4.78, 5) is 14.4. The van der Waals surface area contributed by atoms with E-state index < -0.39 is 0 Å². The van der Waals surface area contributed by atoms with E-state index in [4.69, 9.17) is 0 Å². The third-order valence-electron chi connectivity index (χ3n) is 5.52. The third kappa shape index (κ3) is 5.54. The zero-order valence-corrected chi connectivity index (χ0v) is 19.8. The summed E-state index contributed by atoms with van der Waals surface area (Å²) >= 11 is 0. The van der Waals surface area contributed by atoms with Crippen molar-refractivity contribution in [2.24, 2.45) is 10.2 Å². The maximum absolute atomic E-state index is 13.3. The molecule has 0 bridgehead atoms. The Labute approximate surface area is 213 Å². The van der Waals surface area contributed by atoms with Gasteiger partial charge in [0.1, 0.15) is 11.4 Å². The predicted molar refractivity (Wildman–Crippen MR) is 136 cm³/mol. The molecule has 0 amide bonds. The Morgan fingerprint density at radius 1 is 0.757 bits per heavy atom. The van der Waals surface area contributed by atoms with Gasteiger partial charge in [0.2, 0.25) is 0 Å². The number of azo groups is 1. The Kier molecular flexibility index (Phi) is 6.99. The number of para-hydroxylation sites is 2. The molecule has 0 aliphatic carbocycles. The average Bonchev–Trinajstić information content (AvgIpc) is 3.41. The summed E-state index contributed by atoms with van der Waals surface area (Å²) < 4.78 is 1.53. The summed E-state index contributed by atoms with van der Waals surface area (Å²) in [5.41, 5.74) is 2.37. The van der Waals surface area contributed by atoms with Crippen molar-refractivity contribution in [2.75, 3.05) is 0 Å². The van der Waals surface area contributed by atoms with Crippen molar-refractivity contribution in [1.82, 2.24) is 15.1 Å². The molecule has 8 heteroatoms. The first-order chi connectivity index (χ1) is 18.2. The molecule has 0 aliphatic rings. The van der Waals surface area contributed by atoms with Gasteiger partial charge in [-0.05, 0) is 34.6 Å². The Hall–Kier alpha value is -5.24. The van der Waals surface area contributed by atoms with Crippen LogP contribution in [0.2, 0.25) is 0 Å². The lowest BCUT2D eigenvalue weighted by Gasteiger charge is -2.15. The second-order valence-electron chi connectivity index (χ2n) is 8.07. The van der Waals surface area contributed by atoms with Crippen LogP contribution in [0.5, 0.6) is 0 Å². The van der Waals surface area contributed by atoms with Crippen LogP contribution < -0.4 is 9.79 Å². The fourth-order valence-electron chi connectivity index (χ4n) is 3.64. The van der Waals surface area contributed by atoms with E-state index >= 15 is 0 Å². The van der Waals surface area contributed by atoms with Gasteiger partial charge in [-0.2, -0.15) is 0 Å². The van der Waals surface area contributed by atoms with E-state index in [0.717, 1.165) is 11.4 Å². The topological polar surface area (TPSA) is 99.4 Å². The first-order valence-electron chi connectivity index (χ1n) is 11.6. The van der Waals surface area contributed by atoms with E-state index in [-0.39, 0.29) is 29.6 Å². The van der Waals surface area contributed by atoms with E-state index in [1.807, 2.05) is 72.8 Å². The summed E-state index contributed by atoms with van der Waals surface area (Å²) in [6.45, 7) is 0. The largest absolute Gasteiger partial charge is 0.871 e. The molecule has 180 valence electrons. The number of tetrazole rings is 1. The van der Waals surface area contributed by atoms with Gasteiger partial charge in [0.25, 0.3) is 0 Å². The highest BCUT2D eigenvalue weighted by atomic mass is 16.3. The van der Waals surface area contributed by atoms with Crippen LogP contribution in [0.3, 0.4) is 0 Å². The molecule has 4 aromatic carbocycles. The van der Waals surface area contributed by atoms with Crippen LogP contribution in [0.25, 0.3) is 17.1 Å². The number of hydrogen-bond acceptors (Lipinski definition) is 6. The number of carbonyl (C=O) groups is 1. The summed E-state index contributed by atoms with van der Waals surface area (Å²) in [5.74, 6) is -0.460. The van der Waals surface area contributed by atoms with Crippen LogP contribution in [0.1, 0.15) is 22.3 Å². The molecule has 1 aromatic heterocycles. The molecule has 0 unspecified atom stereocenters. The standard InChI is InChI=1S/C29H22N6O2/c36-27(22-13-5-1-6-14-22)21-26(28(37)23-15-7-2-8-16-23)30-31-29-32-35(25-19-11-4-12-20-25)33-34(29)24-17-9-3-10-18-24/h1-20H,21H2. The molecule has 5 rings (SSSR count). The molecule has 0 aliphatic heterocycles. The number of ketones is 1. The second-order valence-corrected chi connectivity index (χ2v) is 8.07. The number of aromatic nitrogens is 4. The zero-order valence-electron chi connectivity index (χ0n) is 19.8. The number of hydrogen-bond donors (Lipinski definition) is 0. The van der Waals surface area contributed by atoms with Crippen molar-refractivity contribution in [3.05, 3.63) is 138 Å². The van der Waals surface area contributed by atoms with Crippen molar-refractivity contribution < 1.29 is 14.6 Å². The van der Waals surface area contributed by atoms with Crippen molar-refractivity contribution in [1.29, 1.82) is 0 Å². The quantitative estimate of drug-likeness (QED) is 0.138. The predicted octanol–water partition coefficient (Wildman–Crippen LogP) is 4.63. The lowest BCUT2D eigenvalue weighted by molar-refractivity contribution is -0.649. The Balaban J connectivity index is 1.57. The summed E-state index contributed by atoms with van der Waals surface area (Å²) in [5, 5.41) is 30.9. The highest BCUT2D eigenvalue weighted by Gasteiger charge is 2.22. The van der Waals surface area contributed by atoms with Crippen LogP contribution in [0.15, 0.2) is 137 Å². The molecule has 0 N–H and O–H groups in total.